The van der Waals surface area contributed by atoms with Crippen LogP contribution in [0.4, 0.5) is 0 Å². The van der Waals surface area contributed by atoms with Crippen LogP contribution in [0.2, 0.25) is 0 Å². The Balaban J connectivity index is 3.30. The lowest BCUT2D eigenvalue weighted by Crippen LogP contribution is -1.91. The van der Waals surface area contributed by atoms with Crippen LogP contribution in [-0.2, 0) is 4.79 Å². The fourth-order valence-electron chi connectivity index (χ4n) is 0.723. The van der Waals surface area contributed by atoms with Gasteiger partial charge in [-0.1, -0.05) is 37.6 Å². The molecule has 0 aromatic carbocycles. The molecule has 0 atom stereocenters. The molecule has 0 heterocycles. The molecule has 12 heavy (non-hydrogen) atoms. The van der Waals surface area contributed by atoms with Crippen LogP contribution in [0.25, 0.3) is 0 Å². The molecule has 0 radical (unpaired) electrons. The third-order valence-corrected chi connectivity index (χ3v) is 1.36. The van der Waals surface area contributed by atoms with Gasteiger partial charge in [-0.25, -0.2) is 0 Å². The van der Waals surface area contributed by atoms with Gasteiger partial charge in [0.05, 0.1) is 0 Å². The minimum Gasteiger partial charge on any atom is -0.481 e. The molecule has 2 nitrogen and oxygen atoms in total. The number of hydrogen-bond donors (Lipinski definition) is 1. The van der Waals surface area contributed by atoms with Gasteiger partial charge >= 0.3 is 5.97 Å². The van der Waals surface area contributed by atoms with Gasteiger partial charge < -0.3 is 5.11 Å². The molecule has 0 aliphatic heterocycles. The van der Waals surface area contributed by atoms with Gasteiger partial charge in [-0.15, -0.1) is 0 Å². The fraction of sp³-hybridized carbons (Fsp3) is 0.500. The van der Waals surface area contributed by atoms with Gasteiger partial charge in [-0.2, -0.15) is 0 Å². The Morgan fingerprint density at radius 3 is 2.33 bits per heavy atom. The molecule has 1 N–H and O–H groups in total. The quantitative estimate of drug-likeness (QED) is 0.619. The van der Waals surface area contributed by atoms with E-state index in [2.05, 4.69) is 13.0 Å². The van der Waals surface area contributed by atoms with Gasteiger partial charge in [-0.05, 0) is 12.8 Å². The van der Waals surface area contributed by atoms with Crippen LogP contribution in [0.1, 0.15) is 32.6 Å². The van der Waals surface area contributed by atoms with E-state index in [9.17, 15) is 4.79 Å². The summed E-state index contributed by atoms with van der Waals surface area (Å²) in [4.78, 5) is 10.1. The molecular weight excluding hydrogens is 152 g/mol. The molecule has 0 spiro atoms. The summed E-state index contributed by atoms with van der Waals surface area (Å²) in [5.41, 5.74) is 0. The lowest BCUT2D eigenvalue weighted by atomic mass is 10.2. The summed E-state index contributed by atoms with van der Waals surface area (Å²) in [5.74, 6) is -0.739. The molecule has 0 saturated carbocycles. The summed E-state index contributed by atoms with van der Waals surface area (Å²) in [7, 11) is 0. The second-order valence-electron chi connectivity index (χ2n) is 2.58. The Morgan fingerprint density at radius 2 is 1.83 bits per heavy atom. The highest BCUT2D eigenvalue weighted by Gasteiger charge is 1.90. The van der Waals surface area contributed by atoms with E-state index in [0.29, 0.717) is 6.42 Å². The molecule has 0 rings (SSSR count). The highest BCUT2D eigenvalue weighted by atomic mass is 16.4. The zero-order chi connectivity index (χ0) is 9.23. The number of carbonyl (C=O) groups is 1. The molecule has 0 aliphatic rings. The van der Waals surface area contributed by atoms with E-state index in [4.69, 9.17) is 5.11 Å². The van der Waals surface area contributed by atoms with Crippen LogP contribution in [0.5, 0.6) is 0 Å². The average Bonchev–Trinajstić information content (AvgIpc) is 2.02. The van der Waals surface area contributed by atoms with E-state index >= 15 is 0 Å². The molecular formula is C10H16O2. The van der Waals surface area contributed by atoms with Gasteiger partial charge in [0.1, 0.15) is 0 Å². The van der Waals surface area contributed by atoms with Crippen LogP contribution in [0, 0.1) is 0 Å². The predicted molar refractivity (Wildman–Crippen MR) is 50.1 cm³/mol. The monoisotopic (exact) mass is 168 g/mol. The topological polar surface area (TPSA) is 37.3 Å². The van der Waals surface area contributed by atoms with Crippen LogP contribution >= 0.6 is 0 Å². The van der Waals surface area contributed by atoms with Crippen LogP contribution in [-0.4, -0.2) is 11.1 Å². The Kier molecular flexibility index (Phi) is 7.35. The average molecular weight is 168 g/mol. The normalized spacial score (nSPS) is 11.4. The first-order valence-corrected chi connectivity index (χ1v) is 4.30. The van der Waals surface area contributed by atoms with E-state index in [1.165, 1.54) is 0 Å². The van der Waals surface area contributed by atoms with E-state index in [1.807, 2.05) is 18.2 Å². The van der Waals surface area contributed by atoms with Crippen molar-refractivity contribution in [1.29, 1.82) is 0 Å². The minimum atomic E-state index is -0.739. The molecule has 2 heteroatoms. The fourth-order valence-corrected chi connectivity index (χ4v) is 0.723. The Bertz CT molecular complexity index is 169. The first-order chi connectivity index (χ1) is 5.77. The number of carboxylic acid groups (broad SMARTS) is 1. The van der Waals surface area contributed by atoms with Crippen molar-refractivity contribution in [1.82, 2.24) is 0 Å². The van der Waals surface area contributed by atoms with Crippen molar-refractivity contribution in [2.24, 2.45) is 0 Å². The molecule has 0 saturated heterocycles. The highest BCUT2D eigenvalue weighted by Crippen LogP contribution is 1.93. The van der Waals surface area contributed by atoms with E-state index in [-0.39, 0.29) is 6.42 Å². The molecule has 0 aromatic heterocycles. The standard InChI is InChI=1S/C10H16O2/c1-2-3-4-5-6-7-8-9-10(11)12/h4-7H,2-3,8-9H2,1H3,(H,11,12). The molecule has 0 aliphatic carbocycles. The van der Waals surface area contributed by atoms with Crippen molar-refractivity contribution in [3.05, 3.63) is 24.3 Å². The Labute approximate surface area is 73.6 Å². The zero-order valence-corrected chi connectivity index (χ0v) is 7.49. The van der Waals surface area contributed by atoms with Crippen LogP contribution in [0.15, 0.2) is 24.3 Å². The highest BCUT2D eigenvalue weighted by molar-refractivity contribution is 5.66. The maximum absolute atomic E-state index is 10.1. The molecule has 0 unspecified atom stereocenters. The summed E-state index contributed by atoms with van der Waals surface area (Å²) in [5, 5.41) is 8.30. The van der Waals surface area contributed by atoms with Gasteiger partial charge in [0, 0.05) is 6.42 Å². The lowest BCUT2D eigenvalue weighted by Gasteiger charge is -1.85. The number of hydrogen-bond acceptors (Lipinski definition) is 1. The maximum Gasteiger partial charge on any atom is 0.303 e. The Morgan fingerprint density at radius 1 is 1.25 bits per heavy atom. The molecule has 0 aromatic rings. The Hall–Kier alpha value is -1.05. The SMILES string of the molecule is CCCC=CC=CCCC(=O)O. The van der Waals surface area contributed by atoms with Crippen molar-refractivity contribution in [3.8, 4) is 0 Å². The van der Waals surface area contributed by atoms with Gasteiger partial charge in [0.25, 0.3) is 0 Å². The number of allylic oxidation sites excluding steroid dienone is 4. The predicted octanol–water partition coefficient (Wildman–Crippen LogP) is 2.76. The summed E-state index contributed by atoms with van der Waals surface area (Å²) in [6, 6.07) is 0. The first kappa shape index (κ1) is 11.0. The second-order valence-corrected chi connectivity index (χ2v) is 2.58. The molecule has 0 fully saturated rings. The number of unbranched alkanes of at least 4 members (excludes halogenated alkanes) is 1. The number of carboxylic acids is 1. The van der Waals surface area contributed by atoms with Crippen molar-refractivity contribution in [3.63, 3.8) is 0 Å². The van der Waals surface area contributed by atoms with Crippen molar-refractivity contribution in [2.75, 3.05) is 0 Å². The summed E-state index contributed by atoms with van der Waals surface area (Å²) in [6.07, 6.45) is 10.9. The molecule has 0 bridgehead atoms. The minimum absolute atomic E-state index is 0.220. The van der Waals surface area contributed by atoms with Gasteiger partial charge in [-0.3, -0.25) is 4.79 Å². The summed E-state index contributed by atoms with van der Waals surface area (Å²) in [6.45, 7) is 2.12. The van der Waals surface area contributed by atoms with Crippen molar-refractivity contribution < 1.29 is 9.90 Å². The number of rotatable bonds is 6. The largest absolute Gasteiger partial charge is 0.481 e. The van der Waals surface area contributed by atoms with Crippen molar-refractivity contribution in [2.45, 2.75) is 32.6 Å². The van der Waals surface area contributed by atoms with E-state index in [1.54, 1.807) is 0 Å². The zero-order valence-electron chi connectivity index (χ0n) is 7.49. The van der Waals surface area contributed by atoms with Crippen LogP contribution in [0.3, 0.4) is 0 Å². The maximum atomic E-state index is 10.1. The van der Waals surface area contributed by atoms with Gasteiger partial charge in [0.15, 0.2) is 0 Å². The molecule has 68 valence electrons. The summed E-state index contributed by atoms with van der Waals surface area (Å²) < 4.78 is 0. The third-order valence-electron chi connectivity index (χ3n) is 1.36. The van der Waals surface area contributed by atoms with E-state index < -0.39 is 5.97 Å². The van der Waals surface area contributed by atoms with Crippen molar-refractivity contribution >= 4 is 5.97 Å². The third kappa shape index (κ3) is 8.95. The van der Waals surface area contributed by atoms with Crippen LogP contribution < -0.4 is 0 Å². The van der Waals surface area contributed by atoms with E-state index in [0.717, 1.165) is 12.8 Å². The van der Waals surface area contributed by atoms with Gasteiger partial charge in [0.2, 0.25) is 0 Å². The smallest absolute Gasteiger partial charge is 0.303 e. The lowest BCUT2D eigenvalue weighted by molar-refractivity contribution is -0.136. The number of aliphatic carboxylic acids is 1. The second kappa shape index (κ2) is 8.05. The first-order valence-electron chi connectivity index (χ1n) is 4.30. The molecule has 0 amide bonds. The summed E-state index contributed by atoms with van der Waals surface area (Å²) >= 11 is 0.